The molecule has 0 spiro atoms. The number of anilines is 2. The van der Waals surface area contributed by atoms with Gasteiger partial charge in [-0.3, -0.25) is 9.59 Å². The first-order chi connectivity index (χ1) is 6.25. The molecule has 2 amide bonds. The van der Waals surface area contributed by atoms with Gasteiger partial charge in [0.2, 0.25) is 11.8 Å². The average Bonchev–Trinajstić information content (AvgIpc) is 2.20. The molecule has 2 N–H and O–H groups in total. The van der Waals surface area contributed by atoms with Gasteiger partial charge >= 0.3 is 0 Å². The highest BCUT2D eigenvalue weighted by atomic mass is 16.2. The summed E-state index contributed by atoms with van der Waals surface area (Å²) < 4.78 is 0. The number of carbonyl (C=O) groups is 2. The number of nitrogens with one attached hydrogen (secondary N) is 2. The monoisotopic (exact) mass is 178 g/mol. The zero-order valence-electron chi connectivity index (χ0n) is 6.57. The highest BCUT2D eigenvalue weighted by molar-refractivity contribution is 6.12. The van der Waals surface area contributed by atoms with Gasteiger partial charge in [-0.05, 0) is 0 Å². The largest absolute Gasteiger partial charge is 0.321 e. The summed E-state index contributed by atoms with van der Waals surface area (Å²) >= 11 is 0. The van der Waals surface area contributed by atoms with Gasteiger partial charge in [-0.1, -0.05) is 0 Å². The molecule has 0 atom stereocenters. The maximum absolute atomic E-state index is 11.0. The molecule has 0 aromatic carbocycles. The van der Waals surface area contributed by atoms with Crippen LogP contribution in [0.25, 0.3) is 0 Å². The van der Waals surface area contributed by atoms with E-state index in [2.05, 4.69) is 20.6 Å². The molecule has 1 aromatic heterocycles. The standard InChI is InChI=1S/C7H6N4O2/c12-5-1-6(13)11-7-4(10-5)2-8-3-9-7/h2-3H,1H2,(H,10,12)(H,8,9,11,13). The first-order valence-corrected chi connectivity index (χ1v) is 3.65. The quantitative estimate of drug-likeness (QED) is 0.537. The van der Waals surface area contributed by atoms with Crippen LogP contribution in [0.1, 0.15) is 6.42 Å². The van der Waals surface area contributed by atoms with Crippen LogP contribution in [0.5, 0.6) is 0 Å². The van der Waals surface area contributed by atoms with Crippen molar-refractivity contribution in [1.82, 2.24) is 9.97 Å². The van der Waals surface area contributed by atoms with Crippen molar-refractivity contribution in [1.29, 1.82) is 0 Å². The number of carbonyl (C=O) groups excluding carboxylic acids is 2. The van der Waals surface area contributed by atoms with E-state index in [-0.39, 0.29) is 18.2 Å². The van der Waals surface area contributed by atoms with Crippen LogP contribution >= 0.6 is 0 Å². The first-order valence-electron chi connectivity index (χ1n) is 3.65. The van der Waals surface area contributed by atoms with Crippen LogP contribution in [0.4, 0.5) is 11.5 Å². The third-order valence-corrected chi connectivity index (χ3v) is 1.57. The molecule has 0 aliphatic carbocycles. The van der Waals surface area contributed by atoms with Gasteiger partial charge in [-0.15, -0.1) is 0 Å². The predicted molar refractivity (Wildman–Crippen MR) is 43.9 cm³/mol. The van der Waals surface area contributed by atoms with Crippen molar-refractivity contribution in [2.24, 2.45) is 0 Å². The molecule has 2 rings (SSSR count). The van der Waals surface area contributed by atoms with Crippen molar-refractivity contribution >= 4 is 23.3 Å². The lowest BCUT2D eigenvalue weighted by atomic mass is 10.4. The van der Waals surface area contributed by atoms with Crippen molar-refractivity contribution in [2.45, 2.75) is 6.42 Å². The zero-order valence-corrected chi connectivity index (χ0v) is 6.57. The third-order valence-electron chi connectivity index (χ3n) is 1.57. The minimum atomic E-state index is -0.366. The van der Waals surface area contributed by atoms with E-state index in [4.69, 9.17) is 0 Å². The Morgan fingerprint density at radius 2 is 2.00 bits per heavy atom. The van der Waals surface area contributed by atoms with E-state index in [1.807, 2.05) is 0 Å². The Kier molecular flexibility index (Phi) is 1.66. The third kappa shape index (κ3) is 1.46. The van der Waals surface area contributed by atoms with Crippen LogP contribution < -0.4 is 10.6 Å². The van der Waals surface area contributed by atoms with Gasteiger partial charge < -0.3 is 10.6 Å². The fourth-order valence-electron chi connectivity index (χ4n) is 1.04. The molecule has 0 unspecified atom stereocenters. The predicted octanol–water partition coefficient (Wildman–Crippen LogP) is -0.243. The maximum Gasteiger partial charge on any atom is 0.235 e. The Balaban J connectivity index is 2.43. The number of hydrogen-bond donors (Lipinski definition) is 2. The molecule has 1 aromatic rings. The molecule has 1 aliphatic rings. The van der Waals surface area contributed by atoms with Crippen LogP contribution in [-0.4, -0.2) is 21.8 Å². The Morgan fingerprint density at radius 1 is 1.23 bits per heavy atom. The minimum absolute atomic E-state index is 0.184. The van der Waals surface area contributed by atoms with E-state index < -0.39 is 0 Å². The van der Waals surface area contributed by atoms with Crippen LogP contribution in [-0.2, 0) is 9.59 Å². The number of nitrogens with zero attached hydrogens (tertiary/aromatic N) is 2. The van der Waals surface area contributed by atoms with Gasteiger partial charge in [-0.25, -0.2) is 9.97 Å². The molecule has 2 heterocycles. The molecule has 66 valence electrons. The second-order valence-corrected chi connectivity index (χ2v) is 2.56. The summed E-state index contributed by atoms with van der Waals surface area (Å²) in [5, 5.41) is 4.98. The summed E-state index contributed by atoms with van der Waals surface area (Å²) in [6.45, 7) is 0. The summed E-state index contributed by atoms with van der Waals surface area (Å²) in [6, 6.07) is 0. The Bertz CT molecular complexity index is 342. The van der Waals surface area contributed by atoms with Crippen LogP contribution in [0.15, 0.2) is 12.5 Å². The first kappa shape index (κ1) is 7.66. The fourth-order valence-corrected chi connectivity index (χ4v) is 1.04. The molecular weight excluding hydrogens is 172 g/mol. The minimum Gasteiger partial charge on any atom is -0.321 e. The number of rotatable bonds is 0. The highest BCUT2D eigenvalue weighted by Crippen LogP contribution is 2.19. The normalized spacial score (nSPS) is 15.4. The summed E-state index contributed by atoms with van der Waals surface area (Å²) in [7, 11) is 0. The van der Waals surface area contributed by atoms with Gasteiger partial charge in [0.1, 0.15) is 18.4 Å². The molecule has 6 nitrogen and oxygen atoms in total. The molecule has 0 saturated carbocycles. The molecule has 0 fully saturated rings. The van der Waals surface area contributed by atoms with Crippen molar-refractivity contribution in [2.75, 3.05) is 10.6 Å². The zero-order chi connectivity index (χ0) is 9.26. The maximum atomic E-state index is 11.0. The Morgan fingerprint density at radius 3 is 2.85 bits per heavy atom. The van der Waals surface area contributed by atoms with E-state index in [0.29, 0.717) is 11.5 Å². The van der Waals surface area contributed by atoms with Crippen LogP contribution in [0, 0.1) is 0 Å². The van der Waals surface area contributed by atoms with Crippen molar-refractivity contribution in [3.05, 3.63) is 12.5 Å². The van der Waals surface area contributed by atoms with Crippen molar-refractivity contribution in [3.8, 4) is 0 Å². The number of hydrogen-bond acceptors (Lipinski definition) is 4. The summed E-state index contributed by atoms with van der Waals surface area (Å²) in [6.07, 6.45) is 2.55. The SMILES string of the molecule is O=C1CC(=O)Nc2ncncc2N1. The molecule has 0 bridgehead atoms. The van der Waals surface area contributed by atoms with Gasteiger partial charge in [-0.2, -0.15) is 0 Å². The summed E-state index contributed by atoms with van der Waals surface area (Å²) in [5.74, 6) is -0.383. The van der Waals surface area contributed by atoms with Crippen molar-refractivity contribution < 1.29 is 9.59 Å². The fraction of sp³-hybridized carbons (Fsp3) is 0.143. The second-order valence-electron chi connectivity index (χ2n) is 2.56. The van der Waals surface area contributed by atoms with Crippen LogP contribution in [0.3, 0.4) is 0 Å². The lowest BCUT2D eigenvalue weighted by molar-refractivity contribution is -0.123. The van der Waals surface area contributed by atoms with E-state index in [1.54, 1.807) is 0 Å². The van der Waals surface area contributed by atoms with Gasteiger partial charge in [0.15, 0.2) is 5.82 Å². The number of amides is 2. The number of aromatic nitrogens is 2. The number of fused-ring (bicyclic) bond motifs is 1. The van der Waals surface area contributed by atoms with Gasteiger partial charge in [0.05, 0.1) is 6.20 Å². The van der Waals surface area contributed by atoms with Gasteiger partial charge in [0, 0.05) is 0 Å². The lowest BCUT2D eigenvalue weighted by Gasteiger charge is -2.02. The van der Waals surface area contributed by atoms with Gasteiger partial charge in [0.25, 0.3) is 0 Å². The molecule has 0 saturated heterocycles. The Labute approximate surface area is 73.4 Å². The lowest BCUT2D eigenvalue weighted by Crippen LogP contribution is -2.16. The molecule has 1 aliphatic heterocycles. The van der Waals surface area contributed by atoms with Crippen LogP contribution in [0.2, 0.25) is 0 Å². The molecular formula is C7H6N4O2. The van der Waals surface area contributed by atoms with E-state index >= 15 is 0 Å². The topological polar surface area (TPSA) is 84.0 Å². The average molecular weight is 178 g/mol. The molecule has 0 radical (unpaired) electrons. The Hall–Kier alpha value is -1.98. The smallest absolute Gasteiger partial charge is 0.235 e. The van der Waals surface area contributed by atoms with E-state index in [0.717, 1.165) is 0 Å². The molecule has 6 heteroatoms. The molecule has 13 heavy (non-hydrogen) atoms. The highest BCUT2D eigenvalue weighted by Gasteiger charge is 2.18. The summed E-state index contributed by atoms with van der Waals surface area (Å²) in [5.41, 5.74) is 0.429. The second kappa shape index (κ2) is 2.81. The summed E-state index contributed by atoms with van der Waals surface area (Å²) in [4.78, 5) is 29.6. The van der Waals surface area contributed by atoms with E-state index in [9.17, 15) is 9.59 Å². The van der Waals surface area contributed by atoms with Crippen molar-refractivity contribution in [3.63, 3.8) is 0 Å². The van der Waals surface area contributed by atoms with E-state index in [1.165, 1.54) is 12.5 Å².